The van der Waals surface area contributed by atoms with Gasteiger partial charge in [-0.1, -0.05) is 0 Å². The molecule has 0 amide bonds. The minimum atomic E-state index is -3.71. The molecule has 1 rings (SSSR count). The third-order valence-corrected chi connectivity index (χ3v) is 5.78. The van der Waals surface area contributed by atoms with Crippen molar-refractivity contribution in [2.45, 2.75) is 31.6 Å². The Labute approximate surface area is 84.5 Å². The van der Waals surface area contributed by atoms with E-state index in [4.69, 9.17) is 4.18 Å². The van der Waals surface area contributed by atoms with Gasteiger partial charge >= 0.3 is 0 Å². The summed E-state index contributed by atoms with van der Waals surface area (Å²) in [5, 5.41) is -0.880. The molecule has 1 atom stereocenters. The van der Waals surface area contributed by atoms with Crippen LogP contribution < -0.4 is 0 Å². The summed E-state index contributed by atoms with van der Waals surface area (Å²) in [5.74, 6) is -0.361. The first-order valence-corrected chi connectivity index (χ1v) is 7.65. The summed E-state index contributed by atoms with van der Waals surface area (Å²) in [7, 11) is -6.88. The van der Waals surface area contributed by atoms with E-state index in [2.05, 4.69) is 0 Å². The Morgan fingerprint density at radius 1 is 1.36 bits per heavy atom. The summed E-state index contributed by atoms with van der Waals surface area (Å²) >= 11 is 0. The minimum Gasteiger partial charge on any atom is -0.267 e. The summed E-state index contributed by atoms with van der Waals surface area (Å²) in [4.78, 5) is 0. The maximum atomic E-state index is 11.4. The van der Waals surface area contributed by atoms with Gasteiger partial charge in [-0.25, -0.2) is 8.42 Å². The lowest BCUT2D eigenvalue weighted by Gasteiger charge is -2.12. The van der Waals surface area contributed by atoms with E-state index in [1.165, 1.54) is 0 Å². The third kappa shape index (κ3) is 2.93. The Bertz CT molecular complexity index is 392. The Morgan fingerprint density at radius 2 is 1.93 bits per heavy atom. The molecule has 1 unspecified atom stereocenters. The van der Waals surface area contributed by atoms with E-state index < -0.39 is 31.3 Å². The molecule has 0 aliphatic carbocycles. The van der Waals surface area contributed by atoms with Crippen LogP contribution in [0.15, 0.2) is 0 Å². The van der Waals surface area contributed by atoms with Crippen LogP contribution in [-0.2, 0) is 24.1 Å². The van der Waals surface area contributed by atoms with Gasteiger partial charge in [0.15, 0.2) is 9.84 Å². The van der Waals surface area contributed by atoms with Crippen LogP contribution in [0.4, 0.5) is 0 Å². The van der Waals surface area contributed by atoms with Gasteiger partial charge in [0.2, 0.25) is 0 Å². The highest BCUT2D eigenvalue weighted by Crippen LogP contribution is 2.21. The highest BCUT2D eigenvalue weighted by atomic mass is 32.2. The molecule has 1 fully saturated rings. The van der Waals surface area contributed by atoms with Crippen molar-refractivity contribution in [1.82, 2.24) is 0 Å². The molecule has 84 valence electrons. The molecule has 1 heterocycles. The van der Waals surface area contributed by atoms with Crippen molar-refractivity contribution in [3.8, 4) is 0 Å². The fraction of sp³-hybridized carbons (Fsp3) is 1.00. The number of rotatable bonds is 3. The van der Waals surface area contributed by atoms with Gasteiger partial charge in [0, 0.05) is 0 Å². The van der Waals surface area contributed by atoms with Gasteiger partial charge in [0.25, 0.3) is 10.1 Å². The fourth-order valence-corrected chi connectivity index (χ4v) is 5.42. The maximum absolute atomic E-state index is 11.4. The standard InChI is InChI=1S/C7H14O5S2/c1-6(2)12-14(10,11)7-3-4-13(8,9)5-7/h6-7H,3-5H2,1-2H3. The molecule has 1 aliphatic rings. The lowest BCUT2D eigenvalue weighted by atomic mass is 10.4. The normalized spacial score (nSPS) is 26.9. The van der Waals surface area contributed by atoms with E-state index in [9.17, 15) is 16.8 Å². The Hall–Kier alpha value is -0.140. The number of sulfone groups is 1. The summed E-state index contributed by atoms with van der Waals surface area (Å²) in [6.07, 6.45) is -0.291. The van der Waals surface area contributed by atoms with Gasteiger partial charge in [-0.2, -0.15) is 8.42 Å². The monoisotopic (exact) mass is 242 g/mol. The van der Waals surface area contributed by atoms with Crippen LogP contribution in [0, 0.1) is 0 Å². The average Bonchev–Trinajstić information content (AvgIpc) is 2.27. The number of hydrogen-bond acceptors (Lipinski definition) is 5. The molecule has 0 radical (unpaired) electrons. The van der Waals surface area contributed by atoms with Crippen molar-refractivity contribution in [1.29, 1.82) is 0 Å². The van der Waals surface area contributed by atoms with Gasteiger partial charge < -0.3 is 0 Å². The Kier molecular flexibility index (Phi) is 3.23. The summed E-state index contributed by atoms with van der Waals surface area (Å²) < 4.78 is 49.7. The minimum absolute atomic E-state index is 0.0572. The van der Waals surface area contributed by atoms with Crippen molar-refractivity contribution in [2.24, 2.45) is 0 Å². The van der Waals surface area contributed by atoms with E-state index in [1.54, 1.807) is 13.8 Å². The van der Waals surface area contributed by atoms with Gasteiger partial charge in [0.05, 0.1) is 17.6 Å². The molecule has 14 heavy (non-hydrogen) atoms. The van der Waals surface area contributed by atoms with E-state index in [0.717, 1.165) is 0 Å². The molecule has 0 aromatic carbocycles. The highest BCUT2D eigenvalue weighted by Gasteiger charge is 2.38. The largest absolute Gasteiger partial charge is 0.271 e. The first-order chi connectivity index (χ1) is 6.23. The zero-order valence-electron chi connectivity index (χ0n) is 8.13. The van der Waals surface area contributed by atoms with Gasteiger partial charge in [-0.3, -0.25) is 4.18 Å². The maximum Gasteiger partial charge on any atom is 0.271 e. The molecule has 0 aromatic rings. The Morgan fingerprint density at radius 3 is 2.29 bits per heavy atom. The molecule has 0 aromatic heterocycles. The Balaban J connectivity index is 2.77. The van der Waals surface area contributed by atoms with Crippen molar-refractivity contribution in [2.75, 3.05) is 11.5 Å². The molecule has 0 bridgehead atoms. The molecule has 0 saturated carbocycles. The van der Waals surface area contributed by atoms with E-state index in [1.807, 2.05) is 0 Å². The van der Waals surface area contributed by atoms with Gasteiger partial charge in [0.1, 0.15) is 5.25 Å². The average molecular weight is 242 g/mol. The predicted octanol–water partition coefficient (Wildman–Crippen LogP) is -0.0717. The lowest BCUT2D eigenvalue weighted by molar-refractivity contribution is 0.245. The fourth-order valence-electron chi connectivity index (χ4n) is 1.34. The highest BCUT2D eigenvalue weighted by molar-refractivity contribution is 7.94. The molecular formula is C7H14O5S2. The molecular weight excluding hydrogens is 228 g/mol. The van der Waals surface area contributed by atoms with E-state index >= 15 is 0 Å². The molecule has 1 aliphatic heterocycles. The summed E-state index contributed by atoms with van der Waals surface area (Å²) in [6.45, 7) is 3.20. The number of hydrogen-bond donors (Lipinski definition) is 0. The van der Waals surface area contributed by atoms with Crippen molar-refractivity contribution in [3.05, 3.63) is 0 Å². The second-order valence-corrected chi connectivity index (χ2v) is 7.74. The van der Waals surface area contributed by atoms with Crippen LogP contribution in [-0.4, -0.2) is 39.7 Å². The molecule has 5 nitrogen and oxygen atoms in total. The first-order valence-electron chi connectivity index (χ1n) is 4.35. The zero-order valence-corrected chi connectivity index (χ0v) is 9.77. The second-order valence-electron chi connectivity index (χ2n) is 3.66. The van der Waals surface area contributed by atoms with E-state index in [-0.39, 0.29) is 17.9 Å². The lowest BCUT2D eigenvalue weighted by Crippen LogP contribution is -2.27. The third-order valence-electron chi connectivity index (χ3n) is 1.93. The SMILES string of the molecule is CC(C)OS(=O)(=O)C1CCS(=O)(=O)C1. The van der Waals surface area contributed by atoms with Crippen LogP contribution in [0.1, 0.15) is 20.3 Å². The van der Waals surface area contributed by atoms with Crippen LogP contribution in [0.2, 0.25) is 0 Å². The predicted molar refractivity (Wildman–Crippen MR) is 52.2 cm³/mol. The molecule has 7 heteroatoms. The van der Waals surface area contributed by atoms with Crippen LogP contribution in [0.5, 0.6) is 0 Å². The molecule has 0 spiro atoms. The van der Waals surface area contributed by atoms with E-state index in [0.29, 0.717) is 0 Å². The molecule has 0 N–H and O–H groups in total. The van der Waals surface area contributed by atoms with Crippen molar-refractivity contribution in [3.63, 3.8) is 0 Å². The van der Waals surface area contributed by atoms with Crippen molar-refractivity contribution >= 4 is 20.0 Å². The zero-order chi connectivity index (χ0) is 11.0. The van der Waals surface area contributed by atoms with Gasteiger partial charge in [-0.15, -0.1) is 0 Å². The first kappa shape index (κ1) is 11.9. The van der Waals surface area contributed by atoms with Crippen LogP contribution in [0.25, 0.3) is 0 Å². The second kappa shape index (κ2) is 3.79. The van der Waals surface area contributed by atoms with Crippen LogP contribution >= 0.6 is 0 Å². The summed E-state index contributed by atoms with van der Waals surface area (Å²) in [5.41, 5.74) is 0. The van der Waals surface area contributed by atoms with Crippen molar-refractivity contribution < 1.29 is 21.0 Å². The summed E-state index contributed by atoms with van der Waals surface area (Å²) in [6, 6.07) is 0. The van der Waals surface area contributed by atoms with Crippen LogP contribution in [0.3, 0.4) is 0 Å². The topological polar surface area (TPSA) is 77.5 Å². The smallest absolute Gasteiger partial charge is 0.267 e. The van der Waals surface area contributed by atoms with Gasteiger partial charge in [-0.05, 0) is 20.3 Å². The quantitative estimate of drug-likeness (QED) is 0.647. The molecule has 1 saturated heterocycles.